The minimum absolute atomic E-state index is 0.0868. The predicted octanol–water partition coefficient (Wildman–Crippen LogP) is 4.20. The Labute approximate surface area is 115 Å². The summed E-state index contributed by atoms with van der Waals surface area (Å²) < 4.78 is 0. The number of hydrogen-bond donors (Lipinski definition) is 1. The molecule has 0 saturated heterocycles. The van der Waals surface area contributed by atoms with Gasteiger partial charge in [0.1, 0.15) is 0 Å². The highest BCUT2D eigenvalue weighted by molar-refractivity contribution is 5.73. The molecule has 19 heavy (non-hydrogen) atoms. The number of rotatable bonds is 4. The number of carbonyl (C=O) groups is 1. The van der Waals surface area contributed by atoms with Crippen LogP contribution < -0.4 is 0 Å². The average molecular weight is 260 g/mol. The van der Waals surface area contributed by atoms with Crippen LogP contribution in [0.4, 0.5) is 0 Å². The Morgan fingerprint density at radius 1 is 1.32 bits per heavy atom. The maximum Gasteiger partial charge on any atom is 0.306 e. The fourth-order valence-electron chi connectivity index (χ4n) is 2.71. The van der Waals surface area contributed by atoms with Crippen molar-refractivity contribution in [2.75, 3.05) is 0 Å². The topological polar surface area (TPSA) is 37.3 Å². The zero-order chi connectivity index (χ0) is 14.2. The van der Waals surface area contributed by atoms with Crippen LogP contribution in [0.2, 0.25) is 0 Å². The van der Waals surface area contributed by atoms with Crippen LogP contribution in [0, 0.1) is 11.8 Å². The molecule has 1 aliphatic rings. The first-order chi connectivity index (χ1) is 8.79. The monoisotopic (exact) mass is 260 g/mol. The smallest absolute Gasteiger partial charge is 0.306 e. The summed E-state index contributed by atoms with van der Waals surface area (Å²) in [5, 5.41) is 8.93. The highest BCUT2D eigenvalue weighted by atomic mass is 16.4. The van der Waals surface area contributed by atoms with E-state index in [2.05, 4.69) is 52.0 Å². The molecule has 0 aromatic heterocycles. The zero-order valence-corrected chi connectivity index (χ0v) is 12.3. The molecule has 3 unspecified atom stereocenters. The van der Waals surface area contributed by atoms with Crippen LogP contribution in [0.5, 0.6) is 0 Å². The first-order valence-corrected chi connectivity index (χ1v) is 7.12. The zero-order valence-electron chi connectivity index (χ0n) is 12.3. The van der Waals surface area contributed by atoms with Crippen molar-refractivity contribution < 1.29 is 9.90 Å². The summed E-state index contributed by atoms with van der Waals surface area (Å²) in [6.45, 7) is 8.84. The van der Waals surface area contributed by atoms with Gasteiger partial charge >= 0.3 is 5.97 Å². The van der Waals surface area contributed by atoms with E-state index >= 15 is 0 Å². The first kappa shape index (κ1) is 14.1. The van der Waals surface area contributed by atoms with E-state index in [0.717, 1.165) is 12.8 Å². The van der Waals surface area contributed by atoms with Crippen LogP contribution >= 0.6 is 0 Å². The Morgan fingerprint density at radius 3 is 2.32 bits per heavy atom. The van der Waals surface area contributed by atoms with Crippen molar-refractivity contribution in [1.29, 1.82) is 0 Å². The Kier molecular flexibility index (Phi) is 3.71. The molecular formula is C17H24O2. The molecule has 2 rings (SSSR count). The van der Waals surface area contributed by atoms with Gasteiger partial charge in [0.05, 0.1) is 5.92 Å². The van der Waals surface area contributed by atoms with Gasteiger partial charge < -0.3 is 5.11 Å². The van der Waals surface area contributed by atoms with Gasteiger partial charge in [-0.05, 0) is 41.2 Å². The summed E-state index contributed by atoms with van der Waals surface area (Å²) in [5.74, 6) is 0.120. The largest absolute Gasteiger partial charge is 0.481 e. The van der Waals surface area contributed by atoms with Crippen molar-refractivity contribution in [2.45, 2.75) is 51.9 Å². The highest BCUT2D eigenvalue weighted by Crippen LogP contribution is 2.45. The molecule has 2 nitrogen and oxygen atoms in total. The molecular weight excluding hydrogens is 236 g/mol. The third kappa shape index (κ3) is 3.37. The van der Waals surface area contributed by atoms with E-state index in [-0.39, 0.29) is 11.3 Å². The number of hydrogen-bond acceptors (Lipinski definition) is 1. The molecule has 1 saturated carbocycles. The van der Waals surface area contributed by atoms with Gasteiger partial charge in [0.2, 0.25) is 0 Å². The van der Waals surface area contributed by atoms with Gasteiger partial charge in [0, 0.05) is 0 Å². The molecule has 0 radical (unpaired) electrons. The molecule has 0 heterocycles. The van der Waals surface area contributed by atoms with Crippen LogP contribution in [0.3, 0.4) is 0 Å². The predicted molar refractivity (Wildman–Crippen MR) is 77.4 cm³/mol. The van der Waals surface area contributed by atoms with Crippen LogP contribution in [-0.2, 0) is 10.2 Å². The first-order valence-electron chi connectivity index (χ1n) is 7.12. The standard InChI is InChI=1S/C17H24O2/c1-11(9-13-10-15(13)16(18)19)12-5-7-14(8-6-12)17(2,3)4/h5-8,11,13,15H,9-10H2,1-4H3,(H,18,19). The van der Waals surface area contributed by atoms with E-state index in [1.54, 1.807) is 0 Å². The minimum atomic E-state index is -0.625. The SMILES string of the molecule is CC(CC1CC1C(=O)O)c1ccc(C(C)(C)C)cc1. The maximum atomic E-state index is 10.8. The lowest BCUT2D eigenvalue weighted by atomic mass is 9.85. The van der Waals surface area contributed by atoms with Gasteiger partial charge in [-0.2, -0.15) is 0 Å². The fourth-order valence-corrected chi connectivity index (χ4v) is 2.71. The van der Waals surface area contributed by atoms with E-state index in [1.165, 1.54) is 11.1 Å². The summed E-state index contributed by atoms with van der Waals surface area (Å²) in [6, 6.07) is 8.80. The Bertz CT molecular complexity index is 453. The average Bonchev–Trinajstić information content (AvgIpc) is 3.07. The van der Waals surface area contributed by atoms with Crippen molar-refractivity contribution in [1.82, 2.24) is 0 Å². The van der Waals surface area contributed by atoms with Crippen LogP contribution in [-0.4, -0.2) is 11.1 Å². The third-order valence-electron chi connectivity index (χ3n) is 4.24. The Hall–Kier alpha value is -1.31. The second-order valence-corrected chi connectivity index (χ2v) is 6.95. The lowest BCUT2D eigenvalue weighted by Crippen LogP contribution is -2.11. The molecule has 1 aromatic carbocycles. The number of carboxylic acids is 1. The van der Waals surface area contributed by atoms with Gasteiger partial charge in [0.15, 0.2) is 0 Å². The maximum absolute atomic E-state index is 10.8. The van der Waals surface area contributed by atoms with Gasteiger partial charge in [-0.1, -0.05) is 52.0 Å². The quantitative estimate of drug-likeness (QED) is 0.881. The molecule has 0 spiro atoms. The molecule has 0 bridgehead atoms. The lowest BCUT2D eigenvalue weighted by Gasteiger charge is -2.20. The fraction of sp³-hybridized carbons (Fsp3) is 0.588. The third-order valence-corrected chi connectivity index (χ3v) is 4.24. The molecule has 2 heteroatoms. The van der Waals surface area contributed by atoms with Gasteiger partial charge in [0.25, 0.3) is 0 Å². The van der Waals surface area contributed by atoms with Crippen molar-refractivity contribution in [3.8, 4) is 0 Å². The van der Waals surface area contributed by atoms with Gasteiger partial charge in [-0.25, -0.2) is 0 Å². The van der Waals surface area contributed by atoms with Crippen molar-refractivity contribution in [3.05, 3.63) is 35.4 Å². The number of benzene rings is 1. The summed E-state index contributed by atoms with van der Waals surface area (Å²) >= 11 is 0. The normalized spacial score (nSPS) is 24.0. The Morgan fingerprint density at radius 2 is 1.89 bits per heavy atom. The molecule has 0 amide bonds. The van der Waals surface area contributed by atoms with Crippen LogP contribution in [0.15, 0.2) is 24.3 Å². The van der Waals surface area contributed by atoms with Crippen LogP contribution in [0.25, 0.3) is 0 Å². The van der Waals surface area contributed by atoms with E-state index in [0.29, 0.717) is 11.8 Å². The summed E-state index contributed by atoms with van der Waals surface area (Å²) in [6.07, 6.45) is 1.85. The second kappa shape index (κ2) is 4.99. The summed E-state index contributed by atoms with van der Waals surface area (Å²) in [4.78, 5) is 10.8. The highest BCUT2D eigenvalue weighted by Gasteiger charge is 2.43. The molecule has 1 fully saturated rings. The second-order valence-electron chi connectivity index (χ2n) is 6.95. The molecule has 1 N–H and O–H groups in total. The van der Waals surface area contributed by atoms with E-state index in [1.807, 2.05) is 0 Å². The van der Waals surface area contributed by atoms with E-state index in [9.17, 15) is 4.79 Å². The Balaban J connectivity index is 1.97. The van der Waals surface area contributed by atoms with Crippen molar-refractivity contribution in [2.24, 2.45) is 11.8 Å². The molecule has 1 aromatic rings. The van der Waals surface area contributed by atoms with Crippen molar-refractivity contribution in [3.63, 3.8) is 0 Å². The van der Waals surface area contributed by atoms with E-state index in [4.69, 9.17) is 5.11 Å². The summed E-state index contributed by atoms with van der Waals surface area (Å²) in [5.41, 5.74) is 2.86. The number of aliphatic carboxylic acids is 1. The molecule has 104 valence electrons. The molecule has 0 aliphatic heterocycles. The molecule has 1 aliphatic carbocycles. The minimum Gasteiger partial charge on any atom is -0.481 e. The number of carboxylic acid groups (broad SMARTS) is 1. The summed E-state index contributed by atoms with van der Waals surface area (Å²) in [7, 11) is 0. The van der Waals surface area contributed by atoms with Gasteiger partial charge in [-0.3, -0.25) is 4.79 Å². The lowest BCUT2D eigenvalue weighted by molar-refractivity contribution is -0.138. The van der Waals surface area contributed by atoms with Crippen LogP contribution in [0.1, 0.15) is 57.6 Å². The van der Waals surface area contributed by atoms with Gasteiger partial charge in [-0.15, -0.1) is 0 Å². The van der Waals surface area contributed by atoms with E-state index < -0.39 is 5.97 Å². The molecule has 3 atom stereocenters. The van der Waals surface area contributed by atoms with Crippen molar-refractivity contribution >= 4 is 5.97 Å².